The predicted molar refractivity (Wildman–Crippen MR) is 124 cm³/mol. The van der Waals surface area contributed by atoms with Crippen molar-refractivity contribution in [2.75, 3.05) is 13.2 Å². The maximum atomic E-state index is 13.1. The van der Waals surface area contributed by atoms with Crippen LogP contribution in [0.4, 0.5) is 4.39 Å². The zero-order chi connectivity index (χ0) is 24.0. The summed E-state index contributed by atoms with van der Waals surface area (Å²) >= 11 is 6.23. The number of carbonyl (C=O) groups is 3. The number of aliphatic carboxylic acids is 1. The zero-order valence-corrected chi connectivity index (χ0v) is 19.0. The summed E-state index contributed by atoms with van der Waals surface area (Å²) in [5.74, 6) is -1.79. The van der Waals surface area contributed by atoms with Crippen LogP contribution >= 0.6 is 24.0 Å². The van der Waals surface area contributed by atoms with Crippen molar-refractivity contribution in [3.63, 3.8) is 0 Å². The molecule has 0 unspecified atom stereocenters. The van der Waals surface area contributed by atoms with Gasteiger partial charge in [-0.1, -0.05) is 17.8 Å². The summed E-state index contributed by atoms with van der Waals surface area (Å²) in [5, 5.41) is 9.72. The van der Waals surface area contributed by atoms with Gasteiger partial charge in [0.2, 0.25) is 0 Å². The van der Waals surface area contributed by atoms with Crippen LogP contribution in [0.25, 0.3) is 6.08 Å². The van der Waals surface area contributed by atoms with Crippen LogP contribution in [0.5, 0.6) is 11.5 Å². The van der Waals surface area contributed by atoms with E-state index in [1.54, 1.807) is 31.2 Å². The van der Waals surface area contributed by atoms with Crippen LogP contribution in [0.3, 0.4) is 0 Å². The van der Waals surface area contributed by atoms with Crippen molar-refractivity contribution in [3.05, 3.63) is 64.3 Å². The molecule has 2 amide bonds. The Kier molecular flexibility index (Phi) is 8.01. The van der Waals surface area contributed by atoms with Gasteiger partial charge in [-0.05, 0) is 67.2 Å². The van der Waals surface area contributed by atoms with Crippen molar-refractivity contribution in [3.8, 4) is 11.5 Å². The molecule has 2 N–H and O–H groups in total. The minimum atomic E-state index is -0.974. The molecule has 11 heteroatoms. The number of thioether (sulfide) groups is 1. The highest BCUT2D eigenvalue weighted by atomic mass is 32.2. The maximum absolute atomic E-state index is 13.1. The lowest BCUT2D eigenvalue weighted by atomic mass is 10.2. The first-order chi connectivity index (χ1) is 15.8. The molecular weight excluding hydrogens is 471 g/mol. The summed E-state index contributed by atoms with van der Waals surface area (Å²) in [6.07, 6.45) is 1.44. The number of nitrogens with zero attached hydrogens (tertiary/aromatic N) is 1. The van der Waals surface area contributed by atoms with E-state index in [9.17, 15) is 18.8 Å². The number of hydrogen-bond acceptors (Lipinski definition) is 7. The van der Waals surface area contributed by atoms with Gasteiger partial charge in [0.1, 0.15) is 5.82 Å². The monoisotopic (exact) mass is 490 g/mol. The Morgan fingerprint density at radius 1 is 1.18 bits per heavy atom. The number of carboxylic acids is 1. The van der Waals surface area contributed by atoms with Crippen molar-refractivity contribution in [2.45, 2.75) is 13.3 Å². The molecule has 0 radical (unpaired) electrons. The number of hydrazine groups is 1. The number of nitrogens with one attached hydrogen (secondary N) is 1. The number of carbonyl (C=O) groups excluding carboxylic acids is 2. The summed E-state index contributed by atoms with van der Waals surface area (Å²) in [5.41, 5.74) is 3.22. The first-order valence-corrected chi connectivity index (χ1v) is 11.0. The van der Waals surface area contributed by atoms with Crippen molar-refractivity contribution in [2.24, 2.45) is 0 Å². The van der Waals surface area contributed by atoms with Gasteiger partial charge >= 0.3 is 5.97 Å². The molecule has 172 valence electrons. The van der Waals surface area contributed by atoms with Crippen molar-refractivity contribution < 1.29 is 33.4 Å². The molecule has 1 aliphatic heterocycles. The van der Waals surface area contributed by atoms with Gasteiger partial charge in [0.05, 0.1) is 24.5 Å². The van der Waals surface area contributed by atoms with Gasteiger partial charge in [0.25, 0.3) is 11.8 Å². The smallest absolute Gasteiger partial charge is 0.306 e. The molecule has 3 rings (SSSR count). The van der Waals surface area contributed by atoms with E-state index in [0.717, 1.165) is 28.9 Å². The molecule has 8 nitrogen and oxygen atoms in total. The van der Waals surface area contributed by atoms with Gasteiger partial charge in [-0.3, -0.25) is 19.8 Å². The fraction of sp³-hybridized carbons (Fsp3) is 0.182. The normalized spacial score (nSPS) is 14.5. The van der Waals surface area contributed by atoms with E-state index < -0.39 is 23.6 Å². The van der Waals surface area contributed by atoms with E-state index in [1.165, 1.54) is 12.1 Å². The first kappa shape index (κ1) is 24.2. The molecule has 2 aromatic rings. The van der Waals surface area contributed by atoms with Gasteiger partial charge in [-0.15, -0.1) is 0 Å². The van der Waals surface area contributed by atoms with Crippen molar-refractivity contribution >= 4 is 52.2 Å². The lowest BCUT2D eigenvalue weighted by Gasteiger charge is -2.15. The lowest BCUT2D eigenvalue weighted by Crippen LogP contribution is -2.44. The van der Waals surface area contributed by atoms with E-state index in [4.69, 9.17) is 26.8 Å². The van der Waals surface area contributed by atoms with E-state index >= 15 is 0 Å². The van der Waals surface area contributed by atoms with Crippen molar-refractivity contribution in [1.82, 2.24) is 10.4 Å². The molecule has 0 aliphatic carbocycles. The Bertz CT molecular complexity index is 1120. The Morgan fingerprint density at radius 2 is 1.91 bits per heavy atom. The second-order valence-electron chi connectivity index (χ2n) is 6.60. The highest BCUT2D eigenvalue weighted by Gasteiger charge is 2.33. The summed E-state index contributed by atoms with van der Waals surface area (Å²) < 4.78 is 24.2. The van der Waals surface area contributed by atoms with E-state index in [0.29, 0.717) is 23.7 Å². The van der Waals surface area contributed by atoms with Gasteiger partial charge in [-0.25, -0.2) is 4.39 Å². The van der Waals surface area contributed by atoms with Gasteiger partial charge in [0, 0.05) is 5.56 Å². The third kappa shape index (κ3) is 6.30. The Morgan fingerprint density at radius 3 is 2.58 bits per heavy atom. The molecule has 33 heavy (non-hydrogen) atoms. The number of carboxylic acid groups (broad SMARTS) is 1. The molecule has 1 saturated heterocycles. The van der Waals surface area contributed by atoms with Crippen molar-refractivity contribution in [1.29, 1.82) is 0 Å². The number of hydrogen-bond donors (Lipinski definition) is 2. The molecule has 0 saturated carbocycles. The van der Waals surface area contributed by atoms with E-state index in [2.05, 4.69) is 5.43 Å². The molecule has 0 spiro atoms. The Balaban J connectivity index is 1.74. The second kappa shape index (κ2) is 10.9. The zero-order valence-electron chi connectivity index (χ0n) is 17.4. The third-order valence-electron chi connectivity index (χ3n) is 4.25. The number of benzene rings is 2. The first-order valence-electron chi connectivity index (χ1n) is 9.74. The highest BCUT2D eigenvalue weighted by Crippen LogP contribution is 2.34. The summed E-state index contributed by atoms with van der Waals surface area (Å²) in [7, 11) is 0. The number of thiocarbonyl (C=S) groups is 1. The second-order valence-corrected chi connectivity index (χ2v) is 8.27. The van der Waals surface area contributed by atoms with Gasteiger partial charge < -0.3 is 14.6 Å². The summed E-state index contributed by atoms with van der Waals surface area (Å²) in [4.78, 5) is 36.1. The maximum Gasteiger partial charge on any atom is 0.306 e. The summed E-state index contributed by atoms with van der Waals surface area (Å²) in [6, 6.07) is 9.84. The fourth-order valence-corrected chi connectivity index (χ4v) is 3.91. The minimum absolute atomic E-state index is 0.0127. The Labute approximate surface area is 198 Å². The fourth-order valence-electron chi connectivity index (χ4n) is 2.73. The van der Waals surface area contributed by atoms with Crippen LogP contribution < -0.4 is 14.9 Å². The highest BCUT2D eigenvalue weighted by molar-refractivity contribution is 8.26. The van der Waals surface area contributed by atoms with Gasteiger partial charge in [0.15, 0.2) is 15.8 Å². The lowest BCUT2D eigenvalue weighted by molar-refractivity contribution is -0.137. The minimum Gasteiger partial charge on any atom is -0.490 e. The number of ether oxygens (including phenoxy) is 2. The van der Waals surface area contributed by atoms with Crippen LogP contribution in [0.2, 0.25) is 0 Å². The van der Waals surface area contributed by atoms with Crippen LogP contribution in [-0.2, 0) is 9.59 Å². The average Bonchev–Trinajstić information content (AvgIpc) is 3.03. The quantitative estimate of drug-likeness (QED) is 0.406. The van der Waals surface area contributed by atoms with Crippen LogP contribution in [0.1, 0.15) is 29.3 Å². The van der Waals surface area contributed by atoms with E-state index in [1.807, 2.05) is 0 Å². The molecule has 0 aromatic heterocycles. The predicted octanol–water partition coefficient (Wildman–Crippen LogP) is 3.62. The number of halogens is 1. The van der Waals surface area contributed by atoms with Gasteiger partial charge in [-0.2, -0.15) is 5.01 Å². The van der Waals surface area contributed by atoms with E-state index in [-0.39, 0.29) is 27.8 Å². The standard InChI is InChI=1S/C22H19FN2O6S2/c1-2-30-17-11-13(3-8-16(17)31-10-9-19(26)27)12-18-21(29)25(22(32)33-18)24-20(28)14-4-6-15(23)7-5-14/h3-8,11-12H,2,9-10H2,1H3,(H,24,28)(H,26,27)/b18-12+. The molecule has 1 heterocycles. The Hall–Kier alpha value is -3.44. The molecular formula is C22H19FN2O6S2. The van der Waals surface area contributed by atoms with Crippen LogP contribution in [0.15, 0.2) is 47.4 Å². The molecule has 0 bridgehead atoms. The molecule has 1 fully saturated rings. The molecule has 1 aliphatic rings. The average molecular weight is 491 g/mol. The van der Waals surface area contributed by atoms with Crippen LogP contribution in [0, 0.1) is 5.82 Å². The summed E-state index contributed by atoms with van der Waals surface area (Å²) in [6.45, 7) is 2.14. The van der Waals surface area contributed by atoms with Crippen LogP contribution in [-0.4, -0.2) is 45.4 Å². The number of amides is 2. The third-order valence-corrected chi connectivity index (χ3v) is 5.55. The SMILES string of the molecule is CCOc1cc(/C=C2/SC(=S)N(NC(=O)c3ccc(F)cc3)C2=O)ccc1OCCC(=O)O. The molecule has 0 atom stereocenters. The largest absolute Gasteiger partial charge is 0.490 e. The topological polar surface area (TPSA) is 105 Å². The molecule has 2 aromatic carbocycles. The number of rotatable bonds is 9.